The van der Waals surface area contributed by atoms with Crippen molar-refractivity contribution in [1.29, 1.82) is 0 Å². The third kappa shape index (κ3) is 5.91. The molecule has 0 radical (unpaired) electrons. The standard InChI is InChI=1S/C15H31N3O/c1-5-13(6-2)18(9-11(3)4)10-14(15(16)19)17-12-7-8-12/h11-14,17H,5-10H2,1-4H3,(H2,16,19). The first-order valence-electron chi connectivity index (χ1n) is 7.77. The predicted molar refractivity (Wildman–Crippen MR) is 79.9 cm³/mol. The Hall–Kier alpha value is -0.610. The number of carbonyl (C=O) groups is 1. The minimum absolute atomic E-state index is 0.202. The maximum Gasteiger partial charge on any atom is 0.235 e. The maximum atomic E-state index is 11.6. The van der Waals surface area contributed by atoms with Crippen molar-refractivity contribution < 1.29 is 4.79 Å². The third-order valence-corrected chi connectivity index (χ3v) is 3.83. The van der Waals surface area contributed by atoms with Gasteiger partial charge in [-0.1, -0.05) is 27.7 Å². The van der Waals surface area contributed by atoms with Crippen molar-refractivity contribution in [2.24, 2.45) is 11.7 Å². The zero-order valence-corrected chi connectivity index (χ0v) is 13.0. The highest BCUT2D eigenvalue weighted by Gasteiger charge is 2.29. The molecular weight excluding hydrogens is 238 g/mol. The summed E-state index contributed by atoms with van der Waals surface area (Å²) >= 11 is 0. The van der Waals surface area contributed by atoms with Gasteiger partial charge in [-0.05, 0) is 31.6 Å². The first kappa shape index (κ1) is 16.4. The number of hydrogen-bond donors (Lipinski definition) is 2. The van der Waals surface area contributed by atoms with Crippen LogP contribution in [0, 0.1) is 5.92 Å². The van der Waals surface area contributed by atoms with E-state index in [1.165, 1.54) is 12.8 Å². The fourth-order valence-corrected chi connectivity index (χ4v) is 2.64. The smallest absolute Gasteiger partial charge is 0.235 e. The number of hydrogen-bond acceptors (Lipinski definition) is 3. The number of amides is 1. The van der Waals surface area contributed by atoms with Crippen molar-refractivity contribution in [3.05, 3.63) is 0 Å². The van der Waals surface area contributed by atoms with Crippen LogP contribution in [0.2, 0.25) is 0 Å². The van der Waals surface area contributed by atoms with Crippen LogP contribution in [0.25, 0.3) is 0 Å². The Morgan fingerprint density at radius 3 is 2.21 bits per heavy atom. The Balaban J connectivity index is 2.62. The van der Waals surface area contributed by atoms with E-state index in [1.807, 2.05) is 0 Å². The van der Waals surface area contributed by atoms with Gasteiger partial charge in [0, 0.05) is 25.2 Å². The van der Waals surface area contributed by atoms with Crippen molar-refractivity contribution in [1.82, 2.24) is 10.2 Å². The summed E-state index contributed by atoms with van der Waals surface area (Å²) in [6, 6.07) is 0.859. The van der Waals surface area contributed by atoms with E-state index in [9.17, 15) is 4.79 Å². The van der Waals surface area contributed by atoms with E-state index in [1.54, 1.807) is 0 Å². The van der Waals surface area contributed by atoms with Gasteiger partial charge in [-0.15, -0.1) is 0 Å². The minimum Gasteiger partial charge on any atom is -0.368 e. The molecule has 4 nitrogen and oxygen atoms in total. The molecule has 0 aromatic rings. The predicted octanol–water partition coefficient (Wildman–Crippen LogP) is 1.74. The molecule has 1 fully saturated rings. The van der Waals surface area contributed by atoms with Crippen LogP contribution >= 0.6 is 0 Å². The van der Waals surface area contributed by atoms with Crippen LogP contribution in [-0.2, 0) is 4.79 Å². The molecule has 0 spiro atoms. The molecule has 1 saturated carbocycles. The first-order valence-corrected chi connectivity index (χ1v) is 7.77. The number of primary amides is 1. The summed E-state index contributed by atoms with van der Waals surface area (Å²) < 4.78 is 0. The molecule has 1 aliphatic rings. The van der Waals surface area contributed by atoms with Gasteiger partial charge in [0.15, 0.2) is 0 Å². The van der Waals surface area contributed by atoms with E-state index >= 15 is 0 Å². The number of nitrogens with zero attached hydrogens (tertiary/aromatic N) is 1. The fourth-order valence-electron chi connectivity index (χ4n) is 2.64. The van der Waals surface area contributed by atoms with E-state index in [2.05, 4.69) is 37.9 Å². The minimum atomic E-state index is -0.216. The van der Waals surface area contributed by atoms with E-state index in [4.69, 9.17) is 5.73 Å². The molecule has 0 saturated heterocycles. The molecule has 19 heavy (non-hydrogen) atoms. The molecule has 3 N–H and O–H groups in total. The fraction of sp³-hybridized carbons (Fsp3) is 0.933. The summed E-state index contributed by atoms with van der Waals surface area (Å²) in [5.41, 5.74) is 5.55. The monoisotopic (exact) mass is 269 g/mol. The summed E-state index contributed by atoms with van der Waals surface area (Å²) in [7, 11) is 0. The van der Waals surface area contributed by atoms with Crippen molar-refractivity contribution in [2.75, 3.05) is 13.1 Å². The number of nitrogens with one attached hydrogen (secondary N) is 1. The van der Waals surface area contributed by atoms with Crippen LogP contribution in [0.1, 0.15) is 53.4 Å². The lowest BCUT2D eigenvalue weighted by atomic mass is 10.1. The molecule has 0 bridgehead atoms. The molecule has 0 heterocycles. The van der Waals surface area contributed by atoms with Crippen LogP contribution in [-0.4, -0.2) is 42.0 Å². The summed E-state index contributed by atoms with van der Waals surface area (Å²) in [4.78, 5) is 14.1. The maximum absolute atomic E-state index is 11.6. The molecular formula is C15H31N3O. The second-order valence-corrected chi connectivity index (χ2v) is 6.21. The topological polar surface area (TPSA) is 58.4 Å². The summed E-state index contributed by atoms with van der Waals surface area (Å²) in [6.07, 6.45) is 4.61. The van der Waals surface area contributed by atoms with Gasteiger partial charge in [0.1, 0.15) is 0 Å². The Bertz CT molecular complexity index is 273. The largest absolute Gasteiger partial charge is 0.368 e. The summed E-state index contributed by atoms with van der Waals surface area (Å²) in [5.74, 6) is 0.390. The molecule has 1 rings (SSSR count). The van der Waals surface area contributed by atoms with Crippen LogP contribution < -0.4 is 11.1 Å². The van der Waals surface area contributed by atoms with Crippen molar-refractivity contribution in [3.63, 3.8) is 0 Å². The molecule has 1 aliphatic carbocycles. The molecule has 1 amide bonds. The lowest BCUT2D eigenvalue weighted by molar-refractivity contribution is -0.120. The highest BCUT2D eigenvalue weighted by molar-refractivity contribution is 5.80. The van der Waals surface area contributed by atoms with Gasteiger partial charge in [0.25, 0.3) is 0 Å². The Kier molecular flexibility index (Phi) is 6.80. The van der Waals surface area contributed by atoms with Crippen LogP contribution in [0.5, 0.6) is 0 Å². The average molecular weight is 269 g/mol. The zero-order chi connectivity index (χ0) is 14.4. The Morgan fingerprint density at radius 1 is 1.26 bits per heavy atom. The van der Waals surface area contributed by atoms with E-state index < -0.39 is 0 Å². The van der Waals surface area contributed by atoms with Gasteiger partial charge < -0.3 is 11.1 Å². The lowest BCUT2D eigenvalue weighted by Crippen LogP contribution is -2.52. The SMILES string of the molecule is CCC(CC)N(CC(C)C)CC(NC1CC1)C(N)=O. The molecule has 0 aromatic heterocycles. The van der Waals surface area contributed by atoms with Gasteiger partial charge in [0.2, 0.25) is 5.91 Å². The van der Waals surface area contributed by atoms with Gasteiger partial charge in [-0.3, -0.25) is 9.69 Å². The molecule has 4 heteroatoms. The highest BCUT2D eigenvalue weighted by Crippen LogP contribution is 2.20. The number of rotatable bonds is 10. The molecule has 1 atom stereocenters. The highest BCUT2D eigenvalue weighted by atomic mass is 16.1. The average Bonchev–Trinajstić information content (AvgIpc) is 3.12. The number of nitrogens with two attached hydrogens (primary N) is 1. The Labute approximate surface area is 118 Å². The van der Waals surface area contributed by atoms with Crippen LogP contribution in [0.3, 0.4) is 0 Å². The quantitative estimate of drug-likeness (QED) is 0.635. The van der Waals surface area contributed by atoms with Gasteiger partial charge in [-0.2, -0.15) is 0 Å². The van der Waals surface area contributed by atoms with Crippen molar-refractivity contribution in [3.8, 4) is 0 Å². The molecule has 0 aliphatic heterocycles. The second-order valence-electron chi connectivity index (χ2n) is 6.21. The molecule has 112 valence electrons. The van der Waals surface area contributed by atoms with Crippen LogP contribution in [0.4, 0.5) is 0 Å². The normalized spacial score (nSPS) is 17.4. The zero-order valence-electron chi connectivity index (χ0n) is 13.0. The Morgan fingerprint density at radius 2 is 1.84 bits per heavy atom. The number of carbonyl (C=O) groups excluding carboxylic acids is 1. The summed E-state index contributed by atoms with van der Waals surface area (Å²) in [5, 5.41) is 3.38. The lowest BCUT2D eigenvalue weighted by Gasteiger charge is -2.34. The van der Waals surface area contributed by atoms with Crippen molar-refractivity contribution in [2.45, 2.75) is 71.5 Å². The van der Waals surface area contributed by atoms with Gasteiger partial charge >= 0.3 is 0 Å². The van der Waals surface area contributed by atoms with E-state index in [0.717, 1.165) is 25.9 Å². The first-order chi connectivity index (χ1) is 8.97. The van der Waals surface area contributed by atoms with Gasteiger partial charge in [-0.25, -0.2) is 0 Å². The van der Waals surface area contributed by atoms with Crippen LogP contribution in [0.15, 0.2) is 0 Å². The van der Waals surface area contributed by atoms with E-state index in [0.29, 0.717) is 18.0 Å². The van der Waals surface area contributed by atoms with E-state index in [-0.39, 0.29) is 11.9 Å². The summed E-state index contributed by atoms with van der Waals surface area (Å²) in [6.45, 7) is 10.7. The third-order valence-electron chi connectivity index (χ3n) is 3.83. The second kappa shape index (κ2) is 7.85. The van der Waals surface area contributed by atoms with Crippen molar-refractivity contribution >= 4 is 5.91 Å². The molecule has 1 unspecified atom stereocenters. The van der Waals surface area contributed by atoms with Gasteiger partial charge in [0.05, 0.1) is 6.04 Å². The molecule has 0 aromatic carbocycles.